The molecule has 31 heavy (non-hydrogen) atoms. The Labute approximate surface area is 180 Å². The first kappa shape index (κ1) is 19.9. The third-order valence-corrected chi connectivity index (χ3v) is 6.41. The number of hydrogen-bond donors (Lipinski definition) is 0. The van der Waals surface area contributed by atoms with Gasteiger partial charge in [0, 0.05) is 38.5 Å². The second-order valence-corrected chi connectivity index (χ2v) is 8.44. The van der Waals surface area contributed by atoms with Gasteiger partial charge in [0.15, 0.2) is 0 Å². The summed E-state index contributed by atoms with van der Waals surface area (Å²) in [6.45, 7) is 4.34. The van der Waals surface area contributed by atoms with Crippen LogP contribution in [0.15, 0.2) is 41.1 Å². The van der Waals surface area contributed by atoms with Crippen molar-refractivity contribution in [3.05, 3.63) is 48.4 Å². The van der Waals surface area contributed by atoms with E-state index in [-0.39, 0.29) is 5.89 Å². The van der Waals surface area contributed by atoms with Crippen molar-refractivity contribution >= 4 is 5.95 Å². The van der Waals surface area contributed by atoms with Crippen molar-refractivity contribution in [3.63, 3.8) is 0 Å². The van der Waals surface area contributed by atoms with Gasteiger partial charge in [0.05, 0.1) is 12.2 Å². The Hall–Kier alpha value is -3.03. The number of aromatic nitrogens is 4. The fourth-order valence-electron chi connectivity index (χ4n) is 4.66. The number of nitrogens with zero attached hydrogens (tertiary/aromatic N) is 5. The Kier molecular flexibility index (Phi) is 5.53. The molecule has 2 aliphatic rings. The van der Waals surface area contributed by atoms with Crippen LogP contribution in [-0.4, -0.2) is 39.9 Å². The van der Waals surface area contributed by atoms with Crippen molar-refractivity contribution in [2.75, 3.05) is 24.6 Å². The lowest BCUT2D eigenvalue weighted by Gasteiger charge is -2.32. The van der Waals surface area contributed by atoms with Crippen molar-refractivity contribution in [1.82, 2.24) is 20.2 Å². The third-order valence-electron chi connectivity index (χ3n) is 6.41. The number of benzene rings is 1. The molecule has 1 saturated heterocycles. The van der Waals surface area contributed by atoms with E-state index in [0.29, 0.717) is 23.8 Å². The van der Waals surface area contributed by atoms with E-state index in [1.807, 2.05) is 6.07 Å². The van der Waals surface area contributed by atoms with Gasteiger partial charge in [-0.2, -0.15) is 0 Å². The smallest absolute Gasteiger partial charge is 0.250 e. The van der Waals surface area contributed by atoms with Crippen molar-refractivity contribution in [1.29, 1.82) is 0 Å². The summed E-state index contributed by atoms with van der Waals surface area (Å²) >= 11 is 0. The van der Waals surface area contributed by atoms with E-state index in [2.05, 4.69) is 25.1 Å². The largest absolute Gasteiger partial charge is 0.493 e. The van der Waals surface area contributed by atoms with Gasteiger partial charge >= 0.3 is 0 Å². The normalized spacial score (nSPS) is 21.3. The second kappa shape index (κ2) is 8.61. The van der Waals surface area contributed by atoms with E-state index in [9.17, 15) is 4.39 Å². The monoisotopic (exact) mass is 423 g/mol. The van der Waals surface area contributed by atoms with Crippen LogP contribution in [0.2, 0.25) is 0 Å². The molecule has 3 aromatic rings. The first-order chi connectivity index (χ1) is 15.2. The van der Waals surface area contributed by atoms with E-state index in [4.69, 9.17) is 9.15 Å². The van der Waals surface area contributed by atoms with Crippen LogP contribution < -0.4 is 9.64 Å². The van der Waals surface area contributed by atoms with Gasteiger partial charge < -0.3 is 14.1 Å². The number of aryl methyl sites for hydroxylation is 1. The highest BCUT2D eigenvalue weighted by atomic mass is 19.1. The molecule has 2 aromatic heterocycles. The van der Waals surface area contributed by atoms with Crippen LogP contribution in [0.4, 0.5) is 10.3 Å². The van der Waals surface area contributed by atoms with Gasteiger partial charge in [0.1, 0.15) is 11.6 Å². The summed E-state index contributed by atoms with van der Waals surface area (Å²) < 4.78 is 25.5. The van der Waals surface area contributed by atoms with E-state index in [0.717, 1.165) is 43.2 Å². The number of ether oxygens (including phenoxy) is 1. The van der Waals surface area contributed by atoms with Gasteiger partial charge in [0.25, 0.3) is 5.89 Å². The molecule has 7 nitrogen and oxygen atoms in total. The molecule has 1 saturated carbocycles. The summed E-state index contributed by atoms with van der Waals surface area (Å²) in [5, 5.41) is 7.61. The van der Waals surface area contributed by atoms with E-state index >= 15 is 0 Å². The summed E-state index contributed by atoms with van der Waals surface area (Å²) in [6, 6.07) is 6.62. The zero-order valence-corrected chi connectivity index (χ0v) is 17.6. The van der Waals surface area contributed by atoms with Gasteiger partial charge in [-0.3, -0.25) is 0 Å². The van der Waals surface area contributed by atoms with Crippen LogP contribution in [-0.2, 0) is 0 Å². The Bertz CT molecular complexity index is 1020. The Balaban J connectivity index is 1.06. The van der Waals surface area contributed by atoms with E-state index in [1.54, 1.807) is 31.5 Å². The second-order valence-electron chi connectivity index (χ2n) is 8.44. The highest BCUT2D eigenvalue weighted by molar-refractivity contribution is 5.55. The lowest BCUT2D eigenvalue weighted by molar-refractivity contribution is 0.283. The molecular weight excluding hydrogens is 397 g/mol. The minimum Gasteiger partial charge on any atom is -0.493 e. The van der Waals surface area contributed by atoms with Crippen molar-refractivity contribution in [3.8, 4) is 17.2 Å². The lowest BCUT2D eigenvalue weighted by atomic mass is 9.90. The molecule has 162 valence electrons. The molecule has 8 heteroatoms. The average molecular weight is 423 g/mol. The molecule has 0 bridgehead atoms. The Morgan fingerprint density at radius 3 is 2.68 bits per heavy atom. The van der Waals surface area contributed by atoms with Crippen LogP contribution in [0.3, 0.4) is 0 Å². The molecule has 1 aliphatic carbocycles. The van der Waals surface area contributed by atoms with E-state index < -0.39 is 5.82 Å². The van der Waals surface area contributed by atoms with Gasteiger partial charge in [0.2, 0.25) is 11.8 Å². The summed E-state index contributed by atoms with van der Waals surface area (Å²) in [4.78, 5) is 11.0. The lowest BCUT2D eigenvalue weighted by Crippen LogP contribution is -2.35. The van der Waals surface area contributed by atoms with E-state index in [1.165, 1.54) is 25.3 Å². The van der Waals surface area contributed by atoms with Crippen LogP contribution in [0.25, 0.3) is 11.5 Å². The highest BCUT2D eigenvalue weighted by Crippen LogP contribution is 2.49. The maximum atomic E-state index is 14.4. The first-order valence-electron chi connectivity index (χ1n) is 10.9. The van der Waals surface area contributed by atoms with Crippen molar-refractivity contribution in [2.45, 2.75) is 32.6 Å². The molecule has 1 aromatic carbocycles. The van der Waals surface area contributed by atoms with Crippen LogP contribution in [0, 0.1) is 30.5 Å². The topological polar surface area (TPSA) is 77.2 Å². The molecule has 2 fully saturated rings. The predicted octanol–water partition coefficient (Wildman–Crippen LogP) is 4.30. The molecule has 1 aliphatic heterocycles. The Morgan fingerprint density at radius 2 is 1.97 bits per heavy atom. The highest BCUT2D eigenvalue weighted by Gasteiger charge is 2.43. The molecule has 0 amide bonds. The number of hydrogen-bond acceptors (Lipinski definition) is 7. The number of anilines is 1. The minimum atomic E-state index is -0.417. The fourth-order valence-corrected chi connectivity index (χ4v) is 4.66. The molecule has 0 N–H and O–H groups in total. The molecule has 2 unspecified atom stereocenters. The number of rotatable bonds is 7. The molecule has 5 rings (SSSR count). The average Bonchev–Trinajstić information content (AvgIpc) is 3.45. The number of piperidine rings is 1. The SMILES string of the molecule is Cc1nnc(-c2ccc(OCCC3CC3C3CCN(c4ncccn4)CC3)cc2F)o1. The molecule has 3 heterocycles. The maximum absolute atomic E-state index is 14.4. The zero-order chi connectivity index (χ0) is 21.2. The van der Waals surface area contributed by atoms with Gasteiger partial charge in [-0.25, -0.2) is 14.4 Å². The molecular formula is C23H26FN5O2. The fraction of sp³-hybridized carbons (Fsp3) is 0.478. The zero-order valence-electron chi connectivity index (χ0n) is 17.6. The summed E-state index contributed by atoms with van der Waals surface area (Å²) in [5.41, 5.74) is 0.294. The Morgan fingerprint density at radius 1 is 1.16 bits per heavy atom. The maximum Gasteiger partial charge on any atom is 0.250 e. The summed E-state index contributed by atoms with van der Waals surface area (Å²) in [6.07, 6.45) is 8.29. The molecule has 0 radical (unpaired) electrons. The third kappa shape index (κ3) is 4.52. The van der Waals surface area contributed by atoms with Gasteiger partial charge in [-0.15, -0.1) is 10.2 Å². The first-order valence-corrected chi connectivity index (χ1v) is 10.9. The quantitative estimate of drug-likeness (QED) is 0.561. The summed E-state index contributed by atoms with van der Waals surface area (Å²) in [7, 11) is 0. The van der Waals surface area contributed by atoms with Crippen LogP contribution >= 0.6 is 0 Å². The van der Waals surface area contributed by atoms with Crippen LogP contribution in [0.5, 0.6) is 5.75 Å². The predicted molar refractivity (Wildman–Crippen MR) is 113 cm³/mol. The molecule has 2 atom stereocenters. The molecule has 0 spiro atoms. The van der Waals surface area contributed by atoms with Crippen LogP contribution in [0.1, 0.15) is 31.6 Å². The standard InChI is InChI=1S/C23H26FN5O2/c1-15-27-28-22(31-15)19-4-3-18(14-21(19)24)30-12-7-17-13-20(17)16-5-10-29(11-6-16)23-25-8-2-9-26-23/h2-4,8-9,14,16-17,20H,5-7,10-13H2,1H3. The minimum absolute atomic E-state index is 0.187. The summed E-state index contributed by atoms with van der Waals surface area (Å²) in [5.74, 6) is 3.84. The number of halogens is 1. The van der Waals surface area contributed by atoms with Crippen molar-refractivity contribution < 1.29 is 13.5 Å². The van der Waals surface area contributed by atoms with Gasteiger partial charge in [-0.1, -0.05) is 0 Å². The van der Waals surface area contributed by atoms with Gasteiger partial charge in [-0.05, 0) is 61.6 Å². The van der Waals surface area contributed by atoms with Crippen molar-refractivity contribution in [2.24, 2.45) is 17.8 Å².